The molecule has 3 unspecified atom stereocenters. The zero-order valence-corrected chi connectivity index (χ0v) is 9.33. The third-order valence-corrected chi connectivity index (χ3v) is 3.80. The predicted molar refractivity (Wildman–Crippen MR) is 60.0 cm³/mol. The summed E-state index contributed by atoms with van der Waals surface area (Å²) in [6, 6.07) is -0.0520. The first kappa shape index (κ1) is 10.5. The largest absolute Gasteiger partial charge is 0.342 e. The van der Waals surface area contributed by atoms with Crippen molar-refractivity contribution in [3.63, 3.8) is 0 Å². The maximum Gasteiger partial charge on any atom is 0.224 e. The van der Waals surface area contributed by atoms with Crippen LogP contribution >= 0.6 is 0 Å². The van der Waals surface area contributed by atoms with Crippen molar-refractivity contribution in [1.29, 1.82) is 0 Å². The van der Waals surface area contributed by atoms with Gasteiger partial charge in [0, 0.05) is 5.92 Å². The fourth-order valence-corrected chi connectivity index (χ4v) is 2.96. The highest BCUT2D eigenvalue weighted by atomic mass is 16.2. The van der Waals surface area contributed by atoms with E-state index in [9.17, 15) is 4.79 Å². The Balaban J connectivity index is 1.80. The molecule has 0 spiro atoms. The van der Waals surface area contributed by atoms with Gasteiger partial charge in [-0.25, -0.2) is 0 Å². The van der Waals surface area contributed by atoms with Gasteiger partial charge in [-0.05, 0) is 31.1 Å². The van der Waals surface area contributed by atoms with Crippen LogP contribution in [-0.4, -0.2) is 11.9 Å². The van der Waals surface area contributed by atoms with E-state index in [2.05, 4.69) is 18.2 Å². The molecule has 2 fully saturated rings. The van der Waals surface area contributed by atoms with E-state index in [4.69, 9.17) is 6.42 Å². The molecule has 2 heteroatoms. The maximum atomic E-state index is 11.9. The predicted octanol–water partition coefficient (Wildman–Crippen LogP) is 1.95. The second kappa shape index (κ2) is 4.26. The van der Waals surface area contributed by atoms with Crippen LogP contribution in [0.1, 0.15) is 39.0 Å². The number of carbonyl (C=O) groups is 1. The van der Waals surface area contributed by atoms with Crippen LogP contribution in [-0.2, 0) is 4.79 Å². The van der Waals surface area contributed by atoms with Gasteiger partial charge in [-0.3, -0.25) is 4.79 Å². The molecule has 2 aliphatic carbocycles. The standard InChI is InChI=1S/C13H19NO/c1-3-6-9(4-2)14-13(15)12-10-7-5-8-11(10)12/h2,9-12H,3,5-8H2,1H3,(H,14,15). The third-order valence-electron chi connectivity index (χ3n) is 3.80. The SMILES string of the molecule is C#CC(CCC)NC(=O)C1C2CCCC21. The van der Waals surface area contributed by atoms with Crippen molar-refractivity contribution in [2.45, 2.75) is 45.1 Å². The van der Waals surface area contributed by atoms with Crippen molar-refractivity contribution in [3.05, 3.63) is 0 Å². The Bertz CT molecular complexity index is 281. The van der Waals surface area contributed by atoms with Crippen molar-refractivity contribution in [3.8, 4) is 12.3 Å². The zero-order valence-electron chi connectivity index (χ0n) is 9.33. The molecule has 0 radical (unpaired) electrons. The van der Waals surface area contributed by atoms with Gasteiger partial charge in [0.25, 0.3) is 0 Å². The summed E-state index contributed by atoms with van der Waals surface area (Å²) in [5.74, 6) is 4.53. The molecule has 2 rings (SSSR count). The molecule has 2 nitrogen and oxygen atoms in total. The van der Waals surface area contributed by atoms with Crippen LogP contribution in [0.15, 0.2) is 0 Å². The minimum absolute atomic E-state index is 0.0520. The Kier molecular flexibility index (Phi) is 3.00. The van der Waals surface area contributed by atoms with Crippen molar-refractivity contribution < 1.29 is 4.79 Å². The summed E-state index contributed by atoms with van der Waals surface area (Å²) in [6.07, 6.45) is 11.1. The van der Waals surface area contributed by atoms with E-state index < -0.39 is 0 Å². The van der Waals surface area contributed by atoms with E-state index in [0.717, 1.165) is 12.8 Å². The van der Waals surface area contributed by atoms with Gasteiger partial charge >= 0.3 is 0 Å². The van der Waals surface area contributed by atoms with Gasteiger partial charge in [0.2, 0.25) is 5.91 Å². The van der Waals surface area contributed by atoms with E-state index in [1.807, 2.05) is 0 Å². The van der Waals surface area contributed by atoms with Crippen molar-refractivity contribution >= 4 is 5.91 Å². The van der Waals surface area contributed by atoms with Gasteiger partial charge in [0.1, 0.15) is 0 Å². The number of hydrogen-bond donors (Lipinski definition) is 1. The molecule has 15 heavy (non-hydrogen) atoms. The van der Waals surface area contributed by atoms with Crippen molar-refractivity contribution in [2.24, 2.45) is 17.8 Å². The molecule has 3 atom stereocenters. The summed E-state index contributed by atoms with van der Waals surface area (Å²) in [6.45, 7) is 2.09. The van der Waals surface area contributed by atoms with Crippen LogP contribution in [0, 0.1) is 30.1 Å². The van der Waals surface area contributed by atoms with Gasteiger partial charge in [0.15, 0.2) is 0 Å². The third kappa shape index (κ3) is 2.02. The molecule has 0 aromatic heterocycles. The molecular weight excluding hydrogens is 186 g/mol. The quantitative estimate of drug-likeness (QED) is 0.698. The summed E-state index contributed by atoms with van der Waals surface area (Å²) in [4.78, 5) is 11.9. The van der Waals surface area contributed by atoms with Crippen LogP contribution in [0.4, 0.5) is 0 Å². The number of hydrogen-bond acceptors (Lipinski definition) is 1. The van der Waals surface area contributed by atoms with Gasteiger partial charge in [-0.2, -0.15) is 0 Å². The molecule has 1 N–H and O–H groups in total. The Labute approximate surface area is 91.8 Å². The Morgan fingerprint density at radius 3 is 2.73 bits per heavy atom. The molecule has 0 bridgehead atoms. The fraction of sp³-hybridized carbons (Fsp3) is 0.769. The Morgan fingerprint density at radius 1 is 1.53 bits per heavy atom. The lowest BCUT2D eigenvalue weighted by Crippen LogP contribution is -2.35. The van der Waals surface area contributed by atoms with Crippen molar-refractivity contribution in [1.82, 2.24) is 5.32 Å². The van der Waals surface area contributed by atoms with Gasteiger partial charge in [0.05, 0.1) is 6.04 Å². The highest BCUT2D eigenvalue weighted by molar-refractivity contribution is 5.83. The Hall–Kier alpha value is -0.970. The number of carbonyl (C=O) groups excluding carboxylic acids is 1. The lowest BCUT2D eigenvalue weighted by Gasteiger charge is -2.12. The topological polar surface area (TPSA) is 29.1 Å². The molecule has 0 saturated heterocycles. The number of fused-ring (bicyclic) bond motifs is 1. The number of amides is 1. The lowest BCUT2D eigenvalue weighted by atomic mass is 10.1. The number of rotatable bonds is 4. The van der Waals surface area contributed by atoms with Crippen molar-refractivity contribution in [2.75, 3.05) is 0 Å². The first-order valence-electron chi connectivity index (χ1n) is 6.04. The smallest absolute Gasteiger partial charge is 0.224 e. The monoisotopic (exact) mass is 205 g/mol. The molecule has 2 aliphatic rings. The lowest BCUT2D eigenvalue weighted by molar-refractivity contribution is -0.123. The summed E-state index contributed by atoms with van der Waals surface area (Å²) in [7, 11) is 0. The molecule has 1 amide bonds. The highest BCUT2D eigenvalue weighted by Crippen LogP contribution is 2.57. The van der Waals surface area contributed by atoms with Crippen LogP contribution in [0.25, 0.3) is 0 Å². The van der Waals surface area contributed by atoms with Crippen LogP contribution in [0.2, 0.25) is 0 Å². The first-order chi connectivity index (χ1) is 7.27. The van der Waals surface area contributed by atoms with E-state index in [1.54, 1.807) is 0 Å². The van der Waals surface area contributed by atoms with Gasteiger partial charge in [-0.15, -0.1) is 6.42 Å². The normalized spacial score (nSPS) is 34.0. The summed E-state index contributed by atoms with van der Waals surface area (Å²) >= 11 is 0. The van der Waals surface area contributed by atoms with E-state index in [-0.39, 0.29) is 11.9 Å². The molecule has 0 heterocycles. The average Bonchev–Trinajstić information content (AvgIpc) is 2.72. The molecule has 2 saturated carbocycles. The minimum Gasteiger partial charge on any atom is -0.342 e. The van der Waals surface area contributed by atoms with Crippen LogP contribution in [0.5, 0.6) is 0 Å². The highest BCUT2D eigenvalue weighted by Gasteiger charge is 2.56. The zero-order chi connectivity index (χ0) is 10.8. The molecule has 0 aromatic rings. The number of nitrogens with one attached hydrogen (secondary N) is 1. The second-order valence-corrected chi connectivity index (χ2v) is 4.80. The van der Waals surface area contributed by atoms with Gasteiger partial charge in [-0.1, -0.05) is 25.7 Å². The van der Waals surface area contributed by atoms with E-state index in [0.29, 0.717) is 17.8 Å². The van der Waals surface area contributed by atoms with E-state index in [1.165, 1.54) is 19.3 Å². The summed E-state index contributed by atoms with van der Waals surface area (Å²) in [5, 5.41) is 2.98. The molecule has 82 valence electrons. The maximum absolute atomic E-state index is 11.9. The van der Waals surface area contributed by atoms with Crippen LogP contribution in [0.3, 0.4) is 0 Å². The van der Waals surface area contributed by atoms with Gasteiger partial charge < -0.3 is 5.32 Å². The fourth-order valence-electron chi connectivity index (χ4n) is 2.96. The summed E-state index contributed by atoms with van der Waals surface area (Å²) in [5.41, 5.74) is 0. The average molecular weight is 205 g/mol. The molecule has 0 aliphatic heterocycles. The minimum atomic E-state index is -0.0520. The van der Waals surface area contributed by atoms with Crippen LogP contribution < -0.4 is 5.32 Å². The molecular formula is C13H19NO. The molecule has 0 aromatic carbocycles. The van der Waals surface area contributed by atoms with E-state index >= 15 is 0 Å². The number of terminal acetylenes is 1. The summed E-state index contributed by atoms with van der Waals surface area (Å²) < 4.78 is 0. The first-order valence-corrected chi connectivity index (χ1v) is 6.04. The Morgan fingerprint density at radius 2 is 2.20 bits per heavy atom. The second-order valence-electron chi connectivity index (χ2n) is 4.80.